The number of rotatable bonds is 9. The van der Waals surface area contributed by atoms with Gasteiger partial charge in [0.1, 0.15) is 9.84 Å². The number of benzene rings is 2. The number of aliphatic hydroxyl groups is 1. The average Bonchev–Trinajstić information content (AvgIpc) is 2.97. The SMILES string of the molecule is CCOc1cc([C@H](CS(C)(=O)=O)n2c(=O)n(CCO)c3cc(Cl)ccc32)ccc1OC. The minimum atomic E-state index is -3.47. The first-order valence-electron chi connectivity index (χ1n) is 9.69. The second kappa shape index (κ2) is 9.33. The van der Waals surface area contributed by atoms with E-state index in [0.717, 1.165) is 6.26 Å². The van der Waals surface area contributed by atoms with Crippen LogP contribution in [0.2, 0.25) is 5.02 Å². The van der Waals surface area contributed by atoms with Gasteiger partial charge in [0.2, 0.25) is 0 Å². The molecule has 8 nitrogen and oxygen atoms in total. The van der Waals surface area contributed by atoms with Crippen LogP contribution in [0.1, 0.15) is 18.5 Å². The van der Waals surface area contributed by atoms with Crippen LogP contribution < -0.4 is 15.2 Å². The maximum Gasteiger partial charge on any atom is 0.329 e. The summed E-state index contributed by atoms with van der Waals surface area (Å²) in [7, 11) is -1.96. The molecule has 0 aliphatic carbocycles. The molecule has 1 N–H and O–H groups in total. The molecule has 0 aliphatic heterocycles. The largest absolute Gasteiger partial charge is 0.493 e. The van der Waals surface area contributed by atoms with Gasteiger partial charge in [0.05, 0.1) is 49.7 Å². The maximum atomic E-state index is 13.3. The van der Waals surface area contributed by atoms with E-state index >= 15 is 0 Å². The second-order valence-electron chi connectivity index (χ2n) is 7.11. The predicted molar refractivity (Wildman–Crippen MR) is 120 cm³/mol. The van der Waals surface area contributed by atoms with Crippen LogP contribution in [0.5, 0.6) is 11.5 Å². The van der Waals surface area contributed by atoms with Crippen molar-refractivity contribution in [1.82, 2.24) is 9.13 Å². The number of ether oxygens (including phenoxy) is 2. The predicted octanol–water partition coefficient (Wildman–Crippen LogP) is 2.49. The highest BCUT2D eigenvalue weighted by Crippen LogP contribution is 2.33. The lowest BCUT2D eigenvalue weighted by Gasteiger charge is -2.20. The van der Waals surface area contributed by atoms with Crippen molar-refractivity contribution in [2.75, 3.05) is 32.3 Å². The number of aromatic nitrogens is 2. The standard InChI is InChI=1S/C21H25ClN2O6S/c1-4-30-20-11-14(5-8-19(20)29-2)18(13-31(3,27)28)24-16-7-6-15(22)12-17(16)23(9-10-25)21(24)26/h5-8,11-12,18,25H,4,9-10,13H2,1-3H3/t18-/m0/s1. The highest BCUT2D eigenvalue weighted by Gasteiger charge is 2.26. The Morgan fingerprint density at radius 1 is 1.13 bits per heavy atom. The second-order valence-corrected chi connectivity index (χ2v) is 9.73. The zero-order chi connectivity index (χ0) is 22.8. The Morgan fingerprint density at radius 3 is 2.48 bits per heavy atom. The summed E-state index contributed by atoms with van der Waals surface area (Å²) in [4.78, 5) is 13.3. The van der Waals surface area contributed by atoms with Crippen LogP contribution >= 0.6 is 11.6 Å². The van der Waals surface area contributed by atoms with E-state index in [0.29, 0.717) is 39.7 Å². The zero-order valence-electron chi connectivity index (χ0n) is 17.5. The molecule has 1 aromatic heterocycles. The van der Waals surface area contributed by atoms with Crippen molar-refractivity contribution < 1.29 is 23.0 Å². The number of sulfone groups is 1. The van der Waals surface area contributed by atoms with Crippen LogP contribution in [-0.4, -0.2) is 55.0 Å². The van der Waals surface area contributed by atoms with Gasteiger partial charge in [-0.15, -0.1) is 0 Å². The van der Waals surface area contributed by atoms with Crippen LogP contribution in [0.4, 0.5) is 0 Å². The van der Waals surface area contributed by atoms with Gasteiger partial charge in [-0.05, 0) is 42.8 Å². The average molecular weight is 469 g/mol. The fourth-order valence-electron chi connectivity index (χ4n) is 3.65. The summed E-state index contributed by atoms with van der Waals surface area (Å²) < 4.78 is 38.4. The number of aliphatic hydroxyl groups excluding tert-OH is 1. The van der Waals surface area contributed by atoms with Crippen LogP contribution in [0.3, 0.4) is 0 Å². The lowest BCUT2D eigenvalue weighted by molar-refractivity contribution is 0.275. The van der Waals surface area contributed by atoms with Crippen molar-refractivity contribution in [3.63, 3.8) is 0 Å². The van der Waals surface area contributed by atoms with Gasteiger partial charge >= 0.3 is 5.69 Å². The van der Waals surface area contributed by atoms with Gasteiger partial charge in [-0.3, -0.25) is 9.13 Å². The number of imidazole rings is 1. The molecule has 0 saturated heterocycles. The van der Waals surface area contributed by atoms with E-state index in [1.165, 1.54) is 16.2 Å². The molecule has 3 aromatic rings. The fraction of sp³-hybridized carbons (Fsp3) is 0.381. The van der Waals surface area contributed by atoms with E-state index in [-0.39, 0.29) is 18.9 Å². The summed E-state index contributed by atoms with van der Waals surface area (Å²) in [5, 5.41) is 9.88. The molecule has 1 heterocycles. The Bertz CT molecular complexity index is 1250. The maximum absolute atomic E-state index is 13.3. The van der Waals surface area contributed by atoms with E-state index in [4.69, 9.17) is 21.1 Å². The summed E-state index contributed by atoms with van der Waals surface area (Å²) >= 11 is 6.13. The monoisotopic (exact) mass is 468 g/mol. The Labute approximate surface area is 185 Å². The molecule has 1 atom stereocenters. The lowest BCUT2D eigenvalue weighted by Crippen LogP contribution is -2.32. The topological polar surface area (TPSA) is 99.8 Å². The molecule has 0 unspecified atom stereocenters. The summed E-state index contributed by atoms with van der Waals surface area (Å²) in [5.41, 5.74) is 1.18. The Balaban J connectivity index is 2.31. The van der Waals surface area contributed by atoms with E-state index in [1.54, 1.807) is 36.4 Å². The Hall–Kier alpha value is -2.49. The van der Waals surface area contributed by atoms with E-state index in [2.05, 4.69) is 0 Å². The quantitative estimate of drug-likeness (QED) is 0.518. The van der Waals surface area contributed by atoms with Crippen molar-refractivity contribution >= 4 is 32.5 Å². The molecule has 0 aliphatic rings. The van der Waals surface area contributed by atoms with Gasteiger partial charge in [0, 0.05) is 11.3 Å². The van der Waals surface area contributed by atoms with Crippen molar-refractivity contribution in [2.45, 2.75) is 19.5 Å². The number of fused-ring (bicyclic) bond motifs is 1. The molecule has 0 amide bonds. The van der Waals surface area contributed by atoms with Crippen LogP contribution in [0, 0.1) is 0 Å². The lowest BCUT2D eigenvalue weighted by atomic mass is 10.1. The van der Waals surface area contributed by atoms with Gasteiger partial charge in [-0.2, -0.15) is 0 Å². The minimum absolute atomic E-state index is 0.0566. The number of hydrogen-bond acceptors (Lipinski definition) is 6. The molecule has 10 heteroatoms. The number of methoxy groups -OCH3 is 1. The Kier molecular flexibility index (Phi) is 6.98. The van der Waals surface area contributed by atoms with Crippen molar-refractivity contribution in [3.05, 3.63) is 57.5 Å². The summed E-state index contributed by atoms with van der Waals surface area (Å²) in [6, 6.07) is 9.21. The molecular weight excluding hydrogens is 444 g/mol. The third-order valence-electron chi connectivity index (χ3n) is 4.89. The normalized spacial score (nSPS) is 12.8. The number of halogens is 1. The van der Waals surface area contributed by atoms with Gasteiger partial charge in [-0.25, -0.2) is 13.2 Å². The zero-order valence-corrected chi connectivity index (χ0v) is 19.1. The van der Waals surface area contributed by atoms with E-state index < -0.39 is 21.6 Å². The van der Waals surface area contributed by atoms with Crippen LogP contribution in [-0.2, 0) is 16.4 Å². The first kappa shape index (κ1) is 23.2. The van der Waals surface area contributed by atoms with E-state index in [9.17, 15) is 18.3 Å². The summed E-state index contributed by atoms with van der Waals surface area (Å²) in [6.07, 6.45) is 1.13. The van der Waals surface area contributed by atoms with Crippen molar-refractivity contribution in [2.24, 2.45) is 0 Å². The van der Waals surface area contributed by atoms with Gasteiger partial charge in [0.15, 0.2) is 11.5 Å². The first-order chi connectivity index (χ1) is 14.7. The molecule has 3 rings (SSSR count). The summed E-state index contributed by atoms with van der Waals surface area (Å²) in [6.45, 7) is 2.03. The third-order valence-corrected chi connectivity index (χ3v) is 6.05. The molecule has 31 heavy (non-hydrogen) atoms. The molecule has 0 fully saturated rings. The van der Waals surface area contributed by atoms with Crippen molar-refractivity contribution in [3.8, 4) is 11.5 Å². The first-order valence-corrected chi connectivity index (χ1v) is 12.1. The molecule has 0 radical (unpaired) electrons. The number of hydrogen-bond donors (Lipinski definition) is 1. The van der Waals surface area contributed by atoms with Crippen molar-refractivity contribution in [1.29, 1.82) is 0 Å². The fourth-order valence-corrected chi connectivity index (χ4v) is 4.73. The third kappa shape index (κ3) is 4.89. The van der Waals surface area contributed by atoms with Crippen LogP contribution in [0.25, 0.3) is 11.0 Å². The van der Waals surface area contributed by atoms with Gasteiger partial charge in [-0.1, -0.05) is 17.7 Å². The summed E-state index contributed by atoms with van der Waals surface area (Å²) in [5.74, 6) is 0.660. The highest BCUT2D eigenvalue weighted by atomic mass is 35.5. The smallest absolute Gasteiger partial charge is 0.329 e. The minimum Gasteiger partial charge on any atom is -0.493 e. The van der Waals surface area contributed by atoms with Crippen LogP contribution in [0.15, 0.2) is 41.2 Å². The molecule has 0 saturated carbocycles. The van der Waals surface area contributed by atoms with Gasteiger partial charge in [0.25, 0.3) is 0 Å². The highest BCUT2D eigenvalue weighted by molar-refractivity contribution is 7.90. The molecular formula is C21H25ClN2O6S. The molecule has 168 valence electrons. The molecule has 0 spiro atoms. The van der Waals surface area contributed by atoms with E-state index in [1.807, 2.05) is 6.92 Å². The molecule has 2 aromatic carbocycles. The van der Waals surface area contributed by atoms with Gasteiger partial charge < -0.3 is 14.6 Å². The molecule has 0 bridgehead atoms. The Morgan fingerprint density at radius 2 is 1.87 bits per heavy atom. The number of nitrogens with zero attached hydrogens (tertiary/aromatic N) is 2.